The number of carbonyl (C=O) groups excluding carboxylic acids is 1. The maximum absolute atomic E-state index is 13.4. The summed E-state index contributed by atoms with van der Waals surface area (Å²) < 4.78 is 11.5. The first-order chi connectivity index (χ1) is 17.7. The molecule has 0 bridgehead atoms. The van der Waals surface area contributed by atoms with Crippen molar-refractivity contribution in [2.75, 3.05) is 51.4 Å². The first-order valence-corrected chi connectivity index (χ1v) is 13.3. The summed E-state index contributed by atoms with van der Waals surface area (Å²) in [6.07, 6.45) is 10.2. The molecule has 0 radical (unpaired) electrons. The van der Waals surface area contributed by atoms with E-state index in [-0.39, 0.29) is 5.91 Å². The molecule has 0 aliphatic carbocycles. The van der Waals surface area contributed by atoms with Crippen molar-refractivity contribution in [1.29, 1.82) is 0 Å². The van der Waals surface area contributed by atoms with Crippen LogP contribution in [0.15, 0.2) is 42.7 Å². The minimum absolute atomic E-state index is 0.156. The van der Waals surface area contributed by atoms with Gasteiger partial charge in [0.15, 0.2) is 0 Å². The van der Waals surface area contributed by atoms with E-state index >= 15 is 0 Å². The molecule has 36 heavy (non-hydrogen) atoms. The molecule has 7 heteroatoms. The number of likely N-dealkylation sites (tertiary alicyclic amines) is 1. The SMILES string of the molecule is CN1C(=O)C2(CCOCC2)c2c1cnc1ccc(-c3ccc(OCCCN4CCCCC4)nc3)cc21. The van der Waals surface area contributed by atoms with Gasteiger partial charge < -0.3 is 19.3 Å². The van der Waals surface area contributed by atoms with Crippen molar-refractivity contribution in [2.24, 2.45) is 0 Å². The number of piperidine rings is 1. The van der Waals surface area contributed by atoms with Crippen LogP contribution in [0.2, 0.25) is 0 Å². The number of benzene rings is 1. The van der Waals surface area contributed by atoms with Gasteiger partial charge in [-0.05, 0) is 69.0 Å². The minimum Gasteiger partial charge on any atom is -0.478 e. The van der Waals surface area contributed by atoms with Gasteiger partial charge in [-0.2, -0.15) is 0 Å². The van der Waals surface area contributed by atoms with Crippen molar-refractivity contribution in [3.05, 3.63) is 48.3 Å². The second-order valence-corrected chi connectivity index (χ2v) is 10.3. The Morgan fingerprint density at radius 3 is 2.58 bits per heavy atom. The standard InChI is InChI=1S/C29H34N4O3/c1-32-25-20-30-24-8-6-21(18-23(24)27(25)29(28(32)34)10-16-35-17-11-29)22-7-9-26(31-19-22)36-15-5-14-33-12-3-2-4-13-33/h6-9,18-20H,2-5,10-17H2,1H3. The smallest absolute Gasteiger partial charge is 0.237 e. The average Bonchev–Trinajstić information content (AvgIpc) is 3.14. The summed E-state index contributed by atoms with van der Waals surface area (Å²) in [4.78, 5) is 26.9. The summed E-state index contributed by atoms with van der Waals surface area (Å²) in [6, 6.07) is 10.3. The summed E-state index contributed by atoms with van der Waals surface area (Å²) in [6.45, 7) is 5.42. The molecule has 2 aromatic heterocycles. The number of ether oxygens (including phenoxy) is 2. The first kappa shape index (κ1) is 23.4. The van der Waals surface area contributed by atoms with Crippen molar-refractivity contribution in [3.63, 3.8) is 0 Å². The van der Waals surface area contributed by atoms with Crippen molar-refractivity contribution in [3.8, 4) is 17.0 Å². The monoisotopic (exact) mass is 486 g/mol. The highest BCUT2D eigenvalue weighted by molar-refractivity contribution is 6.12. The van der Waals surface area contributed by atoms with Gasteiger partial charge in [0, 0.05) is 55.6 Å². The normalized spacial score (nSPS) is 19.7. The van der Waals surface area contributed by atoms with Crippen LogP contribution in [0.3, 0.4) is 0 Å². The van der Waals surface area contributed by atoms with E-state index in [4.69, 9.17) is 9.47 Å². The van der Waals surface area contributed by atoms with Crippen LogP contribution in [-0.4, -0.2) is 67.3 Å². The molecule has 1 amide bonds. The van der Waals surface area contributed by atoms with Crippen LogP contribution in [0.4, 0.5) is 5.69 Å². The van der Waals surface area contributed by atoms with E-state index in [1.165, 1.54) is 32.4 Å². The molecule has 2 saturated heterocycles. The topological polar surface area (TPSA) is 67.8 Å². The number of hydrogen-bond acceptors (Lipinski definition) is 6. The van der Waals surface area contributed by atoms with Gasteiger partial charge in [0.25, 0.3) is 0 Å². The zero-order chi connectivity index (χ0) is 24.5. The van der Waals surface area contributed by atoms with Gasteiger partial charge in [0.2, 0.25) is 11.8 Å². The van der Waals surface area contributed by atoms with Crippen molar-refractivity contribution in [2.45, 2.75) is 43.9 Å². The van der Waals surface area contributed by atoms with E-state index in [2.05, 4.69) is 33.1 Å². The number of carbonyl (C=O) groups is 1. The van der Waals surface area contributed by atoms with E-state index < -0.39 is 5.41 Å². The average molecular weight is 487 g/mol. The van der Waals surface area contributed by atoms with Crippen molar-refractivity contribution in [1.82, 2.24) is 14.9 Å². The quantitative estimate of drug-likeness (QED) is 0.475. The lowest BCUT2D eigenvalue weighted by atomic mass is 9.74. The fourth-order valence-electron chi connectivity index (χ4n) is 6.12. The van der Waals surface area contributed by atoms with Gasteiger partial charge in [-0.3, -0.25) is 9.78 Å². The third-order valence-corrected chi connectivity index (χ3v) is 8.14. The van der Waals surface area contributed by atoms with Crippen LogP contribution in [0.25, 0.3) is 22.0 Å². The zero-order valence-electron chi connectivity index (χ0n) is 21.0. The number of nitrogens with zero attached hydrogens (tertiary/aromatic N) is 4. The highest BCUT2D eigenvalue weighted by Gasteiger charge is 2.51. The van der Waals surface area contributed by atoms with Gasteiger partial charge in [0.1, 0.15) is 0 Å². The van der Waals surface area contributed by atoms with Gasteiger partial charge in [-0.1, -0.05) is 12.5 Å². The van der Waals surface area contributed by atoms with Gasteiger partial charge >= 0.3 is 0 Å². The van der Waals surface area contributed by atoms with Crippen LogP contribution >= 0.6 is 0 Å². The zero-order valence-corrected chi connectivity index (χ0v) is 21.0. The predicted molar refractivity (Wildman–Crippen MR) is 141 cm³/mol. The Labute approximate surface area is 212 Å². The lowest BCUT2D eigenvalue weighted by molar-refractivity contribution is -0.126. The molecular weight excluding hydrogens is 452 g/mol. The molecule has 3 aliphatic heterocycles. The van der Waals surface area contributed by atoms with Crippen LogP contribution in [0, 0.1) is 0 Å². The number of rotatable bonds is 6. The molecule has 0 N–H and O–H groups in total. The van der Waals surface area contributed by atoms with Crippen molar-refractivity contribution >= 4 is 22.5 Å². The Bertz CT molecular complexity index is 1250. The highest BCUT2D eigenvalue weighted by atomic mass is 16.5. The Morgan fingerprint density at radius 1 is 1.00 bits per heavy atom. The molecule has 3 aliphatic rings. The molecule has 7 nitrogen and oxygen atoms in total. The molecule has 3 aromatic rings. The highest BCUT2D eigenvalue weighted by Crippen LogP contribution is 2.50. The Balaban J connectivity index is 1.22. The minimum atomic E-state index is -0.522. The number of aromatic nitrogens is 2. The third-order valence-electron chi connectivity index (χ3n) is 8.14. The molecule has 188 valence electrons. The molecule has 2 fully saturated rings. The van der Waals surface area contributed by atoms with Crippen LogP contribution in [-0.2, 0) is 14.9 Å². The van der Waals surface area contributed by atoms with Gasteiger partial charge in [0.05, 0.1) is 29.4 Å². The van der Waals surface area contributed by atoms with E-state index in [0.29, 0.717) is 38.5 Å². The predicted octanol–water partition coefficient (Wildman–Crippen LogP) is 4.58. The number of hydrogen-bond donors (Lipinski definition) is 0. The van der Waals surface area contributed by atoms with Gasteiger partial charge in [-0.25, -0.2) is 4.98 Å². The third kappa shape index (κ3) is 4.14. The molecule has 5 heterocycles. The number of amides is 1. The molecule has 1 aromatic carbocycles. The van der Waals surface area contributed by atoms with E-state index in [9.17, 15) is 4.79 Å². The lowest BCUT2D eigenvalue weighted by Crippen LogP contribution is -2.43. The number of likely N-dealkylation sites (N-methyl/N-ethyl adjacent to an activating group) is 1. The number of fused-ring (bicyclic) bond motifs is 4. The summed E-state index contributed by atoms with van der Waals surface area (Å²) in [5.41, 5.74) is 4.49. The largest absolute Gasteiger partial charge is 0.478 e. The molecule has 0 atom stereocenters. The second kappa shape index (κ2) is 9.79. The number of anilines is 1. The molecule has 6 rings (SSSR count). The second-order valence-electron chi connectivity index (χ2n) is 10.3. The fraction of sp³-hybridized carbons (Fsp3) is 0.483. The molecule has 1 spiro atoms. The molecular formula is C29H34N4O3. The lowest BCUT2D eigenvalue weighted by Gasteiger charge is -2.32. The van der Waals surface area contributed by atoms with Crippen LogP contribution < -0.4 is 9.64 Å². The Hall–Kier alpha value is -3.03. The van der Waals surface area contributed by atoms with Crippen LogP contribution in [0.5, 0.6) is 5.88 Å². The summed E-state index contributed by atoms with van der Waals surface area (Å²) in [5.74, 6) is 0.818. The summed E-state index contributed by atoms with van der Waals surface area (Å²) >= 11 is 0. The van der Waals surface area contributed by atoms with Crippen molar-refractivity contribution < 1.29 is 14.3 Å². The van der Waals surface area contributed by atoms with E-state index in [1.54, 1.807) is 4.90 Å². The summed E-state index contributed by atoms with van der Waals surface area (Å²) in [7, 11) is 1.86. The maximum Gasteiger partial charge on any atom is 0.237 e. The van der Waals surface area contributed by atoms with E-state index in [0.717, 1.165) is 46.2 Å². The van der Waals surface area contributed by atoms with Crippen LogP contribution in [0.1, 0.15) is 44.1 Å². The first-order valence-electron chi connectivity index (χ1n) is 13.3. The maximum atomic E-state index is 13.4. The fourth-order valence-corrected chi connectivity index (χ4v) is 6.12. The molecule has 0 saturated carbocycles. The Kier molecular flexibility index (Phi) is 6.36. The number of pyridine rings is 2. The summed E-state index contributed by atoms with van der Waals surface area (Å²) in [5, 5.41) is 1.04. The van der Waals surface area contributed by atoms with Gasteiger partial charge in [-0.15, -0.1) is 0 Å². The van der Waals surface area contributed by atoms with E-state index in [1.807, 2.05) is 31.6 Å². The Morgan fingerprint density at radius 2 is 1.81 bits per heavy atom. The molecule has 0 unspecified atom stereocenters.